The number of hydrogen-bond donors (Lipinski definition) is 1. The minimum atomic E-state index is 0.167. The predicted molar refractivity (Wildman–Crippen MR) is 102 cm³/mol. The van der Waals surface area contributed by atoms with Crippen LogP contribution in [0.1, 0.15) is 18.3 Å². The van der Waals surface area contributed by atoms with Gasteiger partial charge in [0.2, 0.25) is 5.82 Å². The number of nitrogens with one attached hydrogen (secondary N) is 1. The van der Waals surface area contributed by atoms with Crippen LogP contribution < -0.4 is 15.0 Å². The first-order valence-corrected chi connectivity index (χ1v) is 9.09. The van der Waals surface area contributed by atoms with E-state index in [1.54, 1.807) is 6.20 Å². The molecular weight excluding hydrogens is 342 g/mol. The van der Waals surface area contributed by atoms with Crippen molar-refractivity contribution < 1.29 is 4.74 Å². The van der Waals surface area contributed by atoms with Crippen LogP contribution in [-0.2, 0) is 6.54 Å². The Morgan fingerprint density at radius 2 is 2.11 bits per heavy atom. The lowest BCUT2D eigenvalue weighted by Gasteiger charge is -2.28. The van der Waals surface area contributed by atoms with Gasteiger partial charge in [0.25, 0.3) is 0 Å². The Bertz CT molecular complexity index is 985. The topological polar surface area (TPSA) is 91.9 Å². The summed E-state index contributed by atoms with van der Waals surface area (Å²) in [6.07, 6.45) is 1.79. The van der Waals surface area contributed by atoms with E-state index in [9.17, 15) is 5.26 Å². The van der Waals surface area contributed by atoms with Crippen LogP contribution in [0.15, 0.2) is 30.5 Å². The molecule has 2 aromatic heterocycles. The molecule has 8 nitrogen and oxygen atoms in total. The summed E-state index contributed by atoms with van der Waals surface area (Å²) < 4.78 is 7.39. The first-order valence-electron chi connectivity index (χ1n) is 9.09. The van der Waals surface area contributed by atoms with Crippen LogP contribution in [0.2, 0.25) is 0 Å². The van der Waals surface area contributed by atoms with Crippen LogP contribution in [0.4, 0.5) is 5.82 Å². The Labute approximate surface area is 157 Å². The number of ether oxygens (including phenoxy) is 1. The fourth-order valence-electron chi connectivity index (χ4n) is 3.30. The summed E-state index contributed by atoms with van der Waals surface area (Å²) in [5.74, 6) is 1.79. The Hall–Kier alpha value is -3.18. The second-order valence-electron chi connectivity index (χ2n) is 6.34. The average molecular weight is 363 g/mol. The van der Waals surface area contributed by atoms with Crippen molar-refractivity contribution in [3.63, 3.8) is 0 Å². The zero-order valence-corrected chi connectivity index (χ0v) is 15.2. The molecule has 0 spiro atoms. The van der Waals surface area contributed by atoms with E-state index >= 15 is 0 Å². The fraction of sp³-hybridized carbons (Fsp3) is 0.368. The van der Waals surface area contributed by atoms with Crippen molar-refractivity contribution in [1.82, 2.24) is 25.1 Å². The number of benzene rings is 1. The molecule has 3 heterocycles. The van der Waals surface area contributed by atoms with Gasteiger partial charge < -0.3 is 15.0 Å². The summed E-state index contributed by atoms with van der Waals surface area (Å²) in [5, 5.41) is 18.1. The van der Waals surface area contributed by atoms with Crippen molar-refractivity contribution in [2.75, 3.05) is 37.7 Å². The van der Waals surface area contributed by atoms with E-state index < -0.39 is 0 Å². The highest BCUT2D eigenvalue weighted by Gasteiger charge is 2.19. The van der Waals surface area contributed by atoms with Gasteiger partial charge in [0, 0.05) is 26.2 Å². The molecule has 0 radical (unpaired) electrons. The van der Waals surface area contributed by atoms with Crippen molar-refractivity contribution in [1.29, 1.82) is 5.26 Å². The van der Waals surface area contributed by atoms with Gasteiger partial charge in [0.15, 0.2) is 5.65 Å². The summed E-state index contributed by atoms with van der Waals surface area (Å²) >= 11 is 0. The molecule has 0 atom stereocenters. The number of piperazine rings is 1. The Morgan fingerprint density at radius 1 is 1.26 bits per heavy atom. The molecule has 4 rings (SSSR count). The molecule has 138 valence electrons. The van der Waals surface area contributed by atoms with E-state index in [1.807, 2.05) is 35.9 Å². The van der Waals surface area contributed by atoms with Crippen molar-refractivity contribution >= 4 is 16.9 Å². The molecule has 0 saturated carbocycles. The Kier molecular flexibility index (Phi) is 4.85. The molecule has 0 amide bonds. The number of nitrogens with zero attached hydrogens (tertiary/aromatic N) is 6. The molecule has 1 aliphatic rings. The predicted octanol–water partition coefficient (Wildman–Crippen LogP) is 1.55. The molecule has 1 saturated heterocycles. The number of aromatic nitrogens is 4. The minimum absolute atomic E-state index is 0.167. The Balaban J connectivity index is 1.72. The summed E-state index contributed by atoms with van der Waals surface area (Å²) in [5.41, 5.74) is 1.74. The molecular formula is C19H21N7O. The van der Waals surface area contributed by atoms with E-state index in [-0.39, 0.29) is 5.82 Å². The van der Waals surface area contributed by atoms with Gasteiger partial charge in [-0.3, -0.25) is 0 Å². The number of rotatable bonds is 5. The van der Waals surface area contributed by atoms with Crippen molar-refractivity contribution in [2.24, 2.45) is 0 Å². The quantitative estimate of drug-likeness (QED) is 0.735. The third kappa shape index (κ3) is 3.55. The second-order valence-corrected chi connectivity index (χ2v) is 6.34. The second kappa shape index (κ2) is 7.60. The zero-order chi connectivity index (χ0) is 18.6. The lowest BCUT2D eigenvalue weighted by Crippen LogP contribution is -2.44. The molecule has 1 aliphatic heterocycles. The zero-order valence-electron chi connectivity index (χ0n) is 15.2. The van der Waals surface area contributed by atoms with Crippen LogP contribution in [0, 0.1) is 11.3 Å². The van der Waals surface area contributed by atoms with Crippen LogP contribution in [0.25, 0.3) is 11.0 Å². The average Bonchev–Trinajstić information content (AvgIpc) is 3.11. The number of anilines is 1. The van der Waals surface area contributed by atoms with Crippen LogP contribution in [0.3, 0.4) is 0 Å². The summed E-state index contributed by atoms with van der Waals surface area (Å²) in [7, 11) is 0. The van der Waals surface area contributed by atoms with Gasteiger partial charge in [0.05, 0.1) is 24.7 Å². The summed E-state index contributed by atoms with van der Waals surface area (Å²) in [6.45, 7) is 6.62. The van der Waals surface area contributed by atoms with E-state index in [1.165, 1.54) is 0 Å². The highest BCUT2D eigenvalue weighted by atomic mass is 16.5. The molecule has 1 aromatic carbocycles. The number of hydrogen-bond acceptors (Lipinski definition) is 7. The molecule has 3 aromatic rings. The molecule has 1 fully saturated rings. The van der Waals surface area contributed by atoms with Gasteiger partial charge in [-0.05, 0) is 24.6 Å². The van der Waals surface area contributed by atoms with Crippen molar-refractivity contribution in [3.05, 3.63) is 41.9 Å². The van der Waals surface area contributed by atoms with Crippen LogP contribution >= 0.6 is 0 Å². The van der Waals surface area contributed by atoms with Crippen molar-refractivity contribution in [3.8, 4) is 11.8 Å². The molecule has 0 bridgehead atoms. The standard InChI is InChI=1S/C19H21N7O/c1-2-27-15-5-3-4-14(10-15)13-26-19-16(12-22-26)18(23-17(11-20)24-19)25-8-6-21-7-9-25/h3-5,10,12,21H,2,6-9,13H2,1H3. The third-order valence-corrected chi connectivity index (χ3v) is 4.53. The third-order valence-electron chi connectivity index (χ3n) is 4.53. The maximum Gasteiger partial charge on any atom is 0.236 e. The van der Waals surface area contributed by atoms with E-state index in [4.69, 9.17) is 4.74 Å². The van der Waals surface area contributed by atoms with Crippen LogP contribution in [0.5, 0.6) is 5.75 Å². The highest BCUT2D eigenvalue weighted by molar-refractivity contribution is 5.87. The molecule has 1 N–H and O–H groups in total. The largest absolute Gasteiger partial charge is 0.494 e. The van der Waals surface area contributed by atoms with Gasteiger partial charge in [-0.1, -0.05) is 12.1 Å². The maximum absolute atomic E-state index is 9.38. The van der Waals surface area contributed by atoms with E-state index in [0.717, 1.165) is 48.7 Å². The van der Waals surface area contributed by atoms with E-state index in [0.29, 0.717) is 18.8 Å². The molecule has 27 heavy (non-hydrogen) atoms. The van der Waals surface area contributed by atoms with Gasteiger partial charge in [-0.2, -0.15) is 15.3 Å². The fourth-order valence-corrected chi connectivity index (χ4v) is 3.30. The normalized spacial score (nSPS) is 14.3. The molecule has 0 unspecified atom stereocenters. The van der Waals surface area contributed by atoms with Crippen LogP contribution in [-0.4, -0.2) is 52.5 Å². The van der Waals surface area contributed by atoms with E-state index in [2.05, 4.69) is 31.4 Å². The monoisotopic (exact) mass is 363 g/mol. The summed E-state index contributed by atoms with van der Waals surface area (Å²) in [4.78, 5) is 11.1. The van der Waals surface area contributed by atoms with Gasteiger partial charge >= 0.3 is 0 Å². The number of nitriles is 1. The molecule has 8 heteroatoms. The Morgan fingerprint density at radius 3 is 2.89 bits per heavy atom. The highest BCUT2D eigenvalue weighted by Crippen LogP contribution is 2.25. The first-order chi connectivity index (χ1) is 13.3. The SMILES string of the molecule is CCOc1cccc(Cn2ncc3c(N4CCNCC4)nc(C#N)nc32)c1. The van der Waals surface area contributed by atoms with Gasteiger partial charge in [0.1, 0.15) is 17.6 Å². The number of fused-ring (bicyclic) bond motifs is 1. The minimum Gasteiger partial charge on any atom is -0.494 e. The smallest absolute Gasteiger partial charge is 0.236 e. The summed E-state index contributed by atoms with van der Waals surface area (Å²) in [6, 6.07) is 10.0. The first kappa shape index (κ1) is 17.2. The van der Waals surface area contributed by atoms with Crippen molar-refractivity contribution in [2.45, 2.75) is 13.5 Å². The lowest BCUT2D eigenvalue weighted by molar-refractivity contribution is 0.340. The maximum atomic E-state index is 9.38. The van der Waals surface area contributed by atoms with Gasteiger partial charge in [-0.25, -0.2) is 9.67 Å². The lowest BCUT2D eigenvalue weighted by atomic mass is 10.2. The molecule has 0 aliphatic carbocycles. The van der Waals surface area contributed by atoms with Gasteiger partial charge in [-0.15, -0.1) is 0 Å².